The van der Waals surface area contributed by atoms with Crippen LogP contribution in [0.2, 0.25) is 5.28 Å². The highest BCUT2D eigenvalue weighted by Gasteiger charge is 2.08. The van der Waals surface area contributed by atoms with Gasteiger partial charge in [-0.15, -0.1) is 0 Å². The maximum Gasteiger partial charge on any atom is 0.241 e. The Bertz CT molecular complexity index is 779. The van der Waals surface area contributed by atoms with Gasteiger partial charge in [0, 0.05) is 18.1 Å². The summed E-state index contributed by atoms with van der Waals surface area (Å²) in [5.74, 6) is 0.224. The quantitative estimate of drug-likeness (QED) is 0.767. The molecule has 3 aromatic rings. The average Bonchev–Trinajstić information content (AvgIpc) is 2.96. The Morgan fingerprint density at radius 1 is 1.24 bits per heavy atom. The minimum absolute atomic E-state index is 0.0392. The molecule has 1 N–H and O–H groups in total. The molecule has 0 saturated heterocycles. The number of rotatable bonds is 3. The first kappa shape index (κ1) is 13.9. The summed E-state index contributed by atoms with van der Waals surface area (Å²) in [4.78, 5) is 16.1. The lowest BCUT2D eigenvalue weighted by Gasteiger charge is -2.07. The lowest BCUT2D eigenvalue weighted by atomic mass is 10.3. The molecule has 106 valence electrons. The number of halogens is 3. The third kappa shape index (κ3) is 3.17. The van der Waals surface area contributed by atoms with Gasteiger partial charge in [0.1, 0.15) is 12.1 Å². The van der Waals surface area contributed by atoms with E-state index in [0.717, 1.165) is 0 Å². The smallest absolute Gasteiger partial charge is 0.241 e. The Kier molecular flexibility index (Phi) is 3.80. The molecule has 0 fully saturated rings. The summed E-state index contributed by atoms with van der Waals surface area (Å²) < 4.78 is 15.1. The van der Waals surface area contributed by atoms with E-state index in [1.165, 1.54) is 6.07 Å². The van der Waals surface area contributed by atoms with Gasteiger partial charge in [-0.25, -0.2) is 9.37 Å². The van der Waals surface area contributed by atoms with Gasteiger partial charge in [0.2, 0.25) is 17.2 Å². The van der Waals surface area contributed by atoms with Gasteiger partial charge in [0.15, 0.2) is 0 Å². The van der Waals surface area contributed by atoms with Crippen LogP contribution >= 0.6 is 27.5 Å². The number of nitrogens with one attached hydrogen (secondary N) is 1. The van der Waals surface area contributed by atoms with Crippen molar-refractivity contribution < 1.29 is 4.39 Å². The maximum absolute atomic E-state index is 13.2. The zero-order valence-electron chi connectivity index (χ0n) is 10.3. The van der Waals surface area contributed by atoms with Crippen molar-refractivity contribution in [3.63, 3.8) is 0 Å². The van der Waals surface area contributed by atoms with Crippen molar-refractivity contribution in [1.29, 1.82) is 0 Å². The van der Waals surface area contributed by atoms with E-state index in [1.54, 1.807) is 35.4 Å². The summed E-state index contributed by atoms with van der Waals surface area (Å²) in [6, 6.07) is 4.46. The molecule has 0 aliphatic rings. The fraction of sp³-hybridized carbons (Fsp3) is 0. The summed E-state index contributed by atoms with van der Waals surface area (Å²) in [5.41, 5.74) is 0.613. The van der Waals surface area contributed by atoms with Crippen molar-refractivity contribution in [3.8, 4) is 5.95 Å². The van der Waals surface area contributed by atoms with E-state index in [-0.39, 0.29) is 17.0 Å². The molecule has 9 heteroatoms. The zero-order chi connectivity index (χ0) is 14.8. The second kappa shape index (κ2) is 5.74. The Morgan fingerprint density at radius 2 is 2.10 bits per heavy atom. The van der Waals surface area contributed by atoms with Crippen molar-refractivity contribution in [2.45, 2.75) is 0 Å². The van der Waals surface area contributed by atoms with Gasteiger partial charge >= 0.3 is 0 Å². The lowest BCUT2D eigenvalue weighted by Crippen LogP contribution is -2.05. The average molecular weight is 370 g/mol. The van der Waals surface area contributed by atoms with Crippen LogP contribution in [0.25, 0.3) is 5.95 Å². The van der Waals surface area contributed by atoms with Gasteiger partial charge in [-0.2, -0.15) is 15.0 Å². The van der Waals surface area contributed by atoms with E-state index >= 15 is 0 Å². The molecule has 0 atom stereocenters. The van der Waals surface area contributed by atoms with Gasteiger partial charge < -0.3 is 5.32 Å². The van der Waals surface area contributed by atoms with Crippen LogP contribution in [-0.2, 0) is 0 Å². The van der Waals surface area contributed by atoms with Crippen molar-refractivity contribution in [1.82, 2.24) is 24.5 Å². The topological polar surface area (TPSA) is 68.5 Å². The lowest BCUT2D eigenvalue weighted by molar-refractivity contribution is 0.621. The van der Waals surface area contributed by atoms with E-state index in [0.29, 0.717) is 16.1 Å². The Morgan fingerprint density at radius 3 is 2.81 bits per heavy atom. The van der Waals surface area contributed by atoms with Gasteiger partial charge in [-0.3, -0.25) is 4.57 Å². The summed E-state index contributed by atoms with van der Waals surface area (Å²) >= 11 is 9.00. The molecule has 2 aromatic heterocycles. The molecule has 0 spiro atoms. The fourth-order valence-electron chi connectivity index (χ4n) is 1.59. The molecular formula is C12H7BrClFN6. The monoisotopic (exact) mass is 368 g/mol. The number of aromatic nitrogens is 5. The van der Waals surface area contributed by atoms with E-state index in [9.17, 15) is 4.39 Å². The zero-order valence-corrected chi connectivity index (χ0v) is 12.7. The van der Waals surface area contributed by atoms with E-state index < -0.39 is 0 Å². The molecule has 2 heterocycles. The third-order valence-electron chi connectivity index (χ3n) is 2.51. The van der Waals surface area contributed by atoms with E-state index in [2.05, 4.69) is 41.2 Å². The number of benzene rings is 1. The SMILES string of the molecule is Fc1ccc(Nc2nc(Cl)nc(-n3ccnc3)n2)cc1Br. The number of hydrogen-bond acceptors (Lipinski definition) is 5. The molecule has 0 bridgehead atoms. The molecule has 0 aliphatic carbocycles. The summed E-state index contributed by atoms with van der Waals surface area (Å²) in [7, 11) is 0. The number of anilines is 2. The highest BCUT2D eigenvalue weighted by Crippen LogP contribution is 2.22. The summed E-state index contributed by atoms with van der Waals surface area (Å²) in [6.07, 6.45) is 4.83. The van der Waals surface area contributed by atoms with Crippen LogP contribution in [0, 0.1) is 5.82 Å². The molecule has 21 heavy (non-hydrogen) atoms. The van der Waals surface area contributed by atoms with Crippen LogP contribution < -0.4 is 5.32 Å². The minimum atomic E-state index is -0.353. The molecule has 1 aromatic carbocycles. The highest BCUT2D eigenvalue weighted by molar-refractivity contribution is 9.10. The van der Waals surface area contributed by atoms with Crippen LogP contribution in [0.5, 0.6) is 0 Å². The summed E-state index contributed by atoms with van der Waals surface area (Å²) in [6.45, 7) is 0. The van der Waals surface area contributed by atoms with Gasteiger partial charge in [-0.05, 0) is 45.7 Å². The molecule has 0 amide bonds. The van der Waals surface area contributed by atoms with Crippen molar-refractivity contribution in [2.75, 3.05) is 5.32 Å². The van der Waals surface area contributed by atoms with Gasteiger partial charge in [-0.1, -0.05) is 0 Å². The van der Waals surface area contributed by atoms with Crippen molar-refractivity contribution in [2.24, 2.45) is 0 Å². The largest absolute Gasteiger partial charge is 0.324 e. The van der Waals surface area contributed by atoms with Crippen LogP contribution in [0.1, 0.15) is 0 Å². The van der Waals surface area contributed by atoms with E-state index in [4.69, 9.17) is 11.6 Å². The first-order valence-corrected chi connectivity index (χ1v) is 6.91. The Labute approximate surface area is 132 Å². The minimum Gasteiger partial charge on any atom is -0.324 e. The second-order valence-electron chi connectivity index (χ2n) is 3.95. The number of hydrogen-bond donors (Lipinski definition) is 1. The van der Waals surface area contributed by atoms with Gasteiger partial charge in [0.05, 0.1) is 4.47 Å². The van der Waals surface area contributed by atoms with Crippen LogP contribution in [-0.4, -0.2) is 24.5 Å². The van der Waals surface area contributed by atoms with Crippen LogP contribution in [0.3, 0.4) is 0 Å². The van der Waals surface area contributed by atoms with Crippen molar-refractivity contribution in [3.05, 3.63) is 52.5 Å². The molecule has 0 aliphatic heterocycles. The molecular weight excluding hydrogens is 363 g/mol. The molecule has 3 rings (SSSR count). The fourth-order valence-corrected chi connectivity index (χ4v) is 2.13. The Balaban J connectivity index is 1.93. The standard InChI is InChI=1S/C12H7BrClFN6/c13-8-5-7(1-2-9(8)15)17-11-18-10(14)19-12(20-11)21-4-3-16-6-21/h1-6H,(H,17,18,19,20). The molecule has 0 saturated carbocycles. The maximum atomic E-state index is 13.2. The first-order valence-electron chi connectivity index (χ1n) is 5.74. The van der Waals surface area contributed by atoms with Crippen LogP contribution in [0.4, 0.5) is 16.0 Å². The molecule has 6 nitrogen and oxygen atoms in total. The van der Waals surface area contributed by atoms with Crippen LogP contribution in [0.15, 0.2) is 41.4 Å². The number of imidazole rings is 1. The number of nitrogens with zero attached hydrogens (tertiary/aromatic N) is 5. The molecule has 0 unspecified atom stereocenters. The van der Waals surface area contributed by atoms with Gasteiger partial charge in [0.25, 0.3) is 0 Å². The highest BCUT2D eigenvalue weighted by atomic mass is 79.9. The third-order valence-corrected chi connectivity index (χ3v) is 3.28. The summed E-state index contributed by atoms with van der Waals surface area (Å²) in [5, 5.41) is 2.98. The Hall–Kier alpha value is -2.06. The van der Waals surface area contributed by atoms with Crippen molar-refractivity contribution >= 4 is 39.2 Å². The predicted molar refractivity (Wildman–Crippen MR) is 79.3 cm³/mol. The predicted octanol–water partition coefficient (Wildman–Crippen LogP) is 3.36. The molecule has 0 radical (unpaired) electrons. The first-order chi connectivity index (χ1) is 10.1. The normalized spacial score (nSPS) is 10.6. The second-order valence-corrected chi connectivity index (χ2v) is 5.14. The van der Waals surface area contributed by atoms with E-state index in [1.807, 2.05) is 0 Å².